The highest BCUT2D eigenvalue weighted by molar-refractivity contribution is 5.95. The molecule has 0 aliphatic carbocycles. The van der Waals surface area contributed by atoms with Gasteiger partial charge in [0, 0.05) is 12.6 Å². The molecule has 106 valence electrons. The first-order valence-electron chi connectivity index (χ1n) is 6.70. The number of nitrogens with one attached hydrogen (secondary N) is 1. The molecule has 5 heteroatoms. The molecule has 1 amide bonds. The number of carbonyl (C=O) groups is 2. The second-order valence-electron chi connectivity index (χ2n) is 4.79. The van der Waals surface area contributed by atoms with Crippen LogP contribution in [-0.4, -0.2) is 23.0 Å². The zero-order valence-electron chi connectivity index (χ0n) is 11.3. The van der Waals surface area contributed by atoms with Crippen LogP contribution in [0.4, 0.5) is 0 Å². The highest BCUT2D eigenvalue weighted by Gasteiger charge is 2.30. The van der Waals surface area contributed by atoms with Gasteiger partial charge in [0.25, 0.3) is 5.91 Å². The summed E-state index contributed by atoms with van der Waals surface area (Å²) in [6.45, 7) is 0.315. The van der Waals surface area contributed by atoms with Crippen molar-refractivity contribution in [3.8, 4) is 0 Å². The predicted octanol–water partition coefficient (Wildman–Crippen LogP) is 1.48. The number of hydrogen-bond acceptors (Lipinski definition) is 4. The van der Waals surface area contributed by atoms with E-state index in [1.165, 1.54) is 0 Å². The Hall–Kier alpha value is -2.69. The molecular weight excluding hydrogens is 268 g/mol. The predicted molar refractivity (Wildman–Crippen MR) is 75.4 cm³/mol. The Balaban J connectivity index is 1.65. The van der Waals surface area contributed by atoms with Gasteiger partial charge in [0.1, 0.15) is 0 Å². The third-order valence-corrected chi connectivity index (χ3v) is 3.35. The average Bonchev–Trinajstić information content (AvgIpc) is 2.53. The third kappa shape index (κ3) is 2.91. The summed E-state index contributed by atoms with van der Waals surface area (Å²) in [6, 6.07) is 12.7. The van der Waals surface area contributed by atoms with Crippen LogP contribution < -0.4 is 5.32 Å². The van der Waals surface area contributed by atoms with Crippen molar-refractivity contribution >= 4 is 11.9 Å². The van der Waals surface area contributed by atoms with Gasteiger partial charge in [-0.15, -0.1) is 0 Å². The van der Waals surface area contributed by atoms with Crippen LogP contribution in [0, 0.1) is 0 Å². The Bertz CT molecular complexity index is 670. The molecule has 1 aliphatic rings. The lowest BCUT2D eigenvalue weighted by Gasteiger charge is -2.23. The molecule has 0 unspecified atom stereocenters. The number of esters is 1. The molecule has 5 nitrogen and oxygen atoms in total. The monoisotopic (exact) mass is 282 g/mol. The van der Waals surface area contributed by atoms with Crippen molar-refractivity contribution in [2.75, 3.05) is 0 Å². The van der Waals surface area contributed by atoms with Crippen molar-refractivity contribution in [2.24, 2.45) is 0 Å². The van der Waals surface area contributed by atoms with E-state index in [0.717, 1.165) is 11.3 Å². The fraction of sp³-hybridized carbons (Fsp3) is 0.188. The van der Waals surface area contributed by atoms with Gasteiger partial charge in [-0.05, 0) is 23.8 Å². The quantitative estimate of drug-likeness (QED) is 0.866. The zero-order chi connectivity index (χ0) is 14.7. The number of aromatic nitrogens is 1. The summed E-state index contributed by atoms with van der Waals surface area (Å²) in [5, 5.41) is 2.74. The van der Waals surface area contributed by atoms with Crippen LogP contribution >= 0.6 is 0 Å². The SMILES string of the molecule is O=C1O[C@@H](C(=O)NCc2ccccn2)Cc2ccccc21. The first-order valence-corrected chi connectivity index (χ1v) is 6.70. The number of carbonyl (C=O) groups excluding carboxylic acids is 2. The summed E-state index contributed by atoms with van der Waals surface area (Å²) in [5.74, 6) is -0.752. The third-order valence-electron chi connectivity index (χ3n) is 3.35. The topological polar surface area (TPSA) is 68.3 Å². The number of fused-ring (bicyclic) bond motifs is 1. The van der Waals surface area contributed by atoms with Crippen LogP contribution in [0.15, 0.2) is 48.7 Å². The van der Waals surface area contributed by atoms with Gasteiger partial charge in [-0.25, -0.2) is 4.79 Å². The summed E-state index contributed by atoms with van der Waals surface area (Å²) < 4.78 is 5.19. The van der Waals surface area contributed by atoms with E-state index < -0.39 is 12.1 Å². The molecule has 0 fully saturated rings. The van der Waals surface area contributed by atoms with Crippen molar-refractivity contribution in [1.82, 2.24) is 10.3 Å². The summed E-state index contributed by atoms with van der Waals surface area (Å²) in [4.78, 5) is 28.1. The van der Waals surface area contributed by atoms with E-state index >= 15 is 0 Å². The summed E-state index contributed by atoms with van der Waals surface area (Å²) in [7, 11) is 0. The van der Waals surface area contributed by atoms with Crippen molar-refractivity contribution < 1.29 is 14.3 Å². The van der Waals surface area contributed by atoms with Crippen LogP contribution in [-0.2, 0) is 22.5 Å². The highest BCUT2D eigenvalue weighted by atomic mass is 16.5. The Labute approximate surface area is 122 Å². The number of cyclic esters (lactones) is 1. The molecule has 1 aliphatic heterocycles. The fourth-order valence-corrected chi connectivity index (χ4v) is 2.27. The number of benzene rings is 1. The second-order valence-corrected chi connectivity index (χ2v) is 4.79. The lowest BCUT2D eigenvalue weighted by molar-refractivity contribution is -0.130. The van der Waals surface area contributed by atoms with Crippen molar-refractivity contribution in [3.63, 3.8) is 0 Å². The Kier molecular flexibility index (Phi) is 3.64. The molecule has 0 saturated heterocycles. The van der Waals surface area contributed by atoms with Gasteiger partial charge in [0.05, 0.1) is 17.8 Å². The molecule has 0 spiro atoms. The standard InChI is InChI=1S/C16H14N2O3/c19-15(18-10-12-6-3-4-8-17-12)14-9-11-5-1-2-7-13(11)16(20)21-14/h1-8,14H,9-10H2,(H,18,19)/t14-/m1/s1. The van der Waals surface area contributed by atoms with E-state index in [1.807, 2.05) is 30.3 Å². The lowest BCUT2D eigenvalue weighted by Crippen LogP contribution is -2.41. The van der Waals surface area contributed by atoms with E-state index in [-0.39, 0.29) is 5.91 Å². The first kappa shape index (κ1) is 13.3. The Morgan fingerprint density at radius 1 is 1.24 bits per heavy atom. The van der Waals surface area contributed by atoms with E-state index in [2.05, 4.69) is 10.3 Å². The summed E-state index contributed by atoms with van der Waals surface area (Å²) in [5.41, 5.74) is 2.13. The van der Waals surface area contributed by atoms with E-state index in [4.69, 9.17) is 4.74 Å². The number of hydrogen-bond donors (Lipinski definition) is 1. The number of amides is 1. The van der Waals surface area contributed by atoms with Gasteiger partial charge in [-0.2, -0.15) is 0 Å². The van der Waals surface area contributed by atoms with Crippen LogP contribution in [0.1, 0.15) is 21.6 Å². The summed E-state index contributed by atoms with van der Waals surface area (Å²) >= 11 is 0. The zero-order valence-corrected chi connectivity index (χ0v) is 11.3. The minimum Gasteiger partial charge on any atom is -0.448 e. The van der Waals surface area contributed by atoms with Gasteiger partial charge >= 0.3 is 5.97 Å². The highest BCUT2D eigenvalue weighted by Crippen LogP contribution is 2.20. The molecule has 1 aromatic carbocycles. The summed E-state index contributed by atoms with van der Waals surface area (Å²) in [6.07, 6.45) is 1.28. The van der Waals surface area contributed by atoms with Crippen LogP contribution in [0.25, 0.3) is 0 Å². The normalized spacial score (nSPS) is 16.8. The van der Waals surface area contributed by atoms with E-state index in [0.29, 0.717) is 18.5 Å². The lowest BCUT2D eigenvalue weighted by atomic mass is 9.98. The first-order chi connectivity index (χ1) is 10.2. The smallest absolute Gasteiger partial charge is 0.339 e. The fourth-order valence-electron chi connectivity index (χ4n) is 2.27. The van der Waals surface area contributed by atoms with Crippen molar-refractivity contribution in [3.05, 3.63) is 65.5 Å². The number of nitrogens with zero attached hydrogens (tertiary/aromatic N) is 1. The Morgan fingerprint density at radius 2 is 2.05 bits per heavy atom. The van der Waals surface area contributed by atoms with Gasteiger partial charge in [-0.3, -0.25) is 9.78 Å². The molecule has 1 aromatic heterocycles. The van der Waals surface area contributed by atoms with E-state index in [1.54, 1.807) is 18.3 Å². The molecular formula is C16H14N2O3. The second kappa shape index (κ2) is 5.75. The molecule has 1 atom stereocenters. The molecule has 1 N–H and O–H groups in total. The largest absolute Gasteiger partial charge is 0.448 e. The molecule has 0 bridgehead atoms. The molecule has 0 saturated carbocycles. The maximum Gasteiger partial charge on any atom is 0.339 e. The maximum absolute atomic E-state index is 12.1. The minimum absolute atomic E-state index is 0.302. The van der Waals surface area contributed by atoms with Crippen LogP contribution in [0.3, 0.4) is 0 Å². The van der Waals surface area contributed by atoms with Gasteiger partial charge in [0.2, 0.25) is 0 Å². The maximum atomic E-state index is 12.1. The van der Waals surface area contributed by atoms with Crippen molar-refractivity contribution in [2.45, 2.75) is 19.1 Å². The van der Waals surface area contributed by atoms with Gasteiger partial charge in [0.15, 0.2) is 6.10 Å². The number of pyridine rings is 1. The van der Waals surface area contributed by atoms with E-state index in [9.17, 15) is 9.59 Å². The minimum atomic E-state index is -0.781. The number of rotatable bonds is 3. The molecule has 2 heterocycles. The van der Waals surface area contributed by atoms with Crippen LogP contribution in [0.5, 0.6) is 0 Å². The van der Waals surface area contributed by atoms with Crippen molar-refractivity contribution in [1.29, 1.82) is 0 Å². The van der Waals surface area contributed by atoms with Gasteiger partial charge in [-0.1, -0.05) is 24.3 Å². The number of ether oxygens (including phenoxy) is 1. The molecule has 0 radical (unpaired) electrons. The average molecular weight is 282 g/mol. The molecule has 2 aromatic rings. The molecule has 3 rings (SSSR count). The van der Waals surface area contributed by atoms with Crippen LogP contribution in [0.2, 0.25) is 0 Å². The Morgan fingerprint density at radius 3 is 2.86 bits per heavy atom. The van der Waals surface area contributed by atoms with Gasteiger partial charge < -0.3 is 10.1 Å². The molecule has 21 heavy (non-hydrogen) atoms.